The molecule has 0 radical (unpaired) electrons. The second-order valence-corrected chi connectivity index (χ2v) is 6.06. The van der Waals surface area contributed by atoms with Crippen LogP contribution in [0.5, 0.6) is 0 Å². The van der Waals surface area contributed by atoms with Crippen LogP contribution in [0, 0.1) is 0 Å². The molecule has 114 valence electrons. The molecule has 0 atom stereocenters. The fourth-order valence-electron chi connectivity index (χ4n) is 2.37. The Bertz CT molecular complexity index is 805. The highest BCUT2D eigenvalue weighted by Crippen LogP contribution is 2.38. The zero-order valence-corrected chi connectivity index (χ0v) is 12.7. The van der Waals surface area contributed by atoms with Crippen LogP contribution in [0.4, 0.5) is 13.2 Å². The predicted molar refractivity (Wildman–Crippen MR) is 83.2 cm³/mol. The van der Waals surface area contributed by atoms with Gasteiger partial charge in [0.05, 0.1) is 5.56 Å². The van der Waals surface area contributed by atoms with Crippen molar-refractivity contribution in [2.24, 2.45) is 0 Å². The van der Waals surface area contributed by atoms with Crippen molar-refractivity contribution >= 4 is 22.7 Å². The second-order valence-electron chi connectivity index (χ2n) is 4.97. The number of aromatic nitrogens is 1. The number of hydrogen-bond donors (Lipinski definition) is 1. The maximum absolute atomic E-state index is 12.9. The largest absolute Gasteiger partial charge is 0.416 e. The SMILES string of the molecule is CCc1ccccc1Sc1c[nH]c2ccc(C(F)(F)F)cc12. The lowest BCUT2D eigenvalue weighted by atomic mass is 10.1. The second kappa shape index (κ2) is 5.72. The Morgan fingerprint density at radius 2 is 1.82 bits per heavy atom. The quantitative estimate of drug-likeness (QED) is 0.635. The lowest BCUT2D eigenvalue weighted by Gasteiger charge is -2.08. The highest BCUT2D eigenvalue weighted by molar-refractivity contribution is 7.99. The number of alkyl halides is 3. The minimum absolute atomic E-state index is 0.603. The van der Waals surface area contributed by atoms with E-state index < -0.39 is 11.7 Å². The molecule has 1 nitrogen and oxygen atoms in total. The van der Waals surface area contributed by atoms with Gasteiger partial charge in [-0.15, -0.1) is 0 Å². The fourth-order valence-corrected chi connectivity index (χ4v) is 3.49. The van der Waals surface area contributed by atoms with Gasteiger partial charge in [0.2, 0.25) is 0 Å². The summed E-state index contributed by atoms with van der Waals surface area (Å²) < 4.78 is 38.6. The molecule has 3 aromatic rings. The summed E-state index contributed by atoms with van der Waals surface area (Å²) in [6.07, 6.45) is -1.67. The third-order valence-corrected chi connectivity index (χ3v) is 4.72. The molecule has 1 aromatic heterocycles. The Hall–Kier alpha value is -1.88. The smallest absolute Gasteiger partial charge is 0.360 e. The summed E-state index contributed by atoms with van der Waals surface area (Å²) in [6, 6.07) is 11.7. The van der Waals surface area contributed by atoms with Gasteiger partial charge in [-0.25, -0.2) is 0 Å². The third kappa shape index (κ3) is 2.86. The molecule has 0 aliphatic heterocycles. The molecular weight excluding hydrogens is 307 g/mol. The third-order valence-electron chi connectivity index (χ3n) is 3.54. The summed E-state index contributed by atoms with van der Waals surface area (Å²) in [5.41, 5.74) is 1.28. The standard InChI is InChI=1S/C17H14F3NS/c1-2-11-5-3-4-6-15(11)22-16-10-21-14-8-7-12(9-13(14)16)17(18,19)20/h3-10,21H,2H2,1H3. The molecule has 1 heterocycles. The highest BCUT2D eigenvalue weighted by Gasteiger charge is 2.30. The van der Waals surface area contributed by atoms with Crippen LogP contribution >= 0.6 is 11.8 Å². The van der Waals surface area contributed by atoms with Crippen LogP contribution in [0.2, 0.25) is 0 Å². The van der Waals surface area contributed by atoms with E-state index in [0.29, 0.717) is 10.9 Å². The molecule has 0 aliphatic carbocycles. The molecule has 5 heteroatoms. The molecule has 0 saturated carbocycles. The van der Waals surface area contributed by atoms with Crippen molar-refractivity contribution in [2.45, 2.75) is 29.3 Å². The van der Waals surface area contributed by atoms with Crippen molar-refractivity contribution in [3.63, 3.8) is 0 Å². The lowest BCUT2D eigenvalue weighted by Crippen LogP contribution is -2.04. The monoisotopic (exact) mass is 321 g/mol. The van der Waals surface area contributed by atoms with Crippen molar-refractivity contribution < 1.29 is 13.2 Å². The summed E-state index contributed by atoms with van der Waals surface area (Å²) >= 11 is 1.50. The number of benzene rings is 2. The average Bonchev–Trinajstić information content (AvgIpc) is 2.89. The molecule has 22 heavy (non-hydrogen) atoms. The van der Waals surface area contributed by atoms with E-state index >= 15 is 0 Å². The Kier molecular flexibility index (Phi) is 3.91. The van der Waals surface area contributed by atoms with E-state index in [1.54, 1.807) is 6.20 Å². The van der Waals surface area contributed by atoms with Gasteiger partial charge in [-0.1, -0.05) is 36.9 Å². The van der Waals surface area contributed by atoms with Crippen molar-refractivity contribution in [3.05, 3.63) is 59.8 Å². The zero-order chi connectivity index (χ0) is 15.7. The van der Waals surface area contributed by atoms with Crippen molar-refractivity contribution in [2.75, 3.05) is 0 Å². The summed E-state index contributed by atoms with van der Waals surface area (Å²) in [5, 5.41) is 0.603. The normalized spacial score (nSPS) is 12.0. The van der Waals surface area contributed by atoms with E-state index in [1.165, 1.54) is 29.5 Å². The van der Waals surface area contributed by atoms with Crippen LogP contribution in [-0.4, -0.2) is 4.98 Å². The number of aromatic amines is 1. The van der Waals surface area contributed by atoms with E-state index in [2.05, 4.69) is 11.9 Å². The van der Waals surface area contributed by atoms with Gasteiger partial charge in [-0.2, -0.15) is 13.2 Å². The molecule has 0 saturated heterocycles. The topological polar surface area (TPSA) is 15.8 Å². The Labute approximate surface area is 130 Å². The van der Waals surface area contributed by atoms with E-state index in [0.717, 1.165) is 22.3 Å². The van der Waals surface area contributed by atoms with Crippen molar-refractivity contribution in [1.82, 2.24) is 4.98 Å². The molecular formula is C17H14F3NS. The maximum atomic E-state index is 12.9. The molecule has 0 amide bonds. The highest BCUT2D eigenvalue weighted by atomic mass is 32.2. The number of halogens is 3. The minimum Gasteiger partial charge on any atom is -0.360 e. The van der Waals surface area contributed by atoms with Crippen LogP contribution in [0.1, 0.15) is 18.1 Å². The van der Waals surface area contributed by atoms with Crippen LogP contribution < -0.4 is 0 Å². The van der Waals surface area contributed by atoms with Gasteiger partial charge >= 0.3 is 6.18 Å². The summed E-state index contributed by atoms with van der Waals surface area (Å²) in [6.45, 7) is 2.07. The molecule has 0 unspecified atom stereocenters. The van der Waals surface area contributed by atoms with Gasteiger partial charge in [0, 0.05) is 26.9 Å². The number of nitrogens with one attached hydrogen (secondary N) is 1. The maximum Gasteiger partial charge on any atom is 0.416 e. The minimum atomic E-state index is -4.32. The first-order valence-electron chi connectivity index (χ1n) is 6.93. The van der Waals surface area contributed by atoms with Gasteiger partial charge in [0.15, 0.2) is 0 Å². The first kappa shape index (κ1) is 15.0. The Morgan fingerprint density at radius 1 is 1.05 bits per heavy atom. The van der Waals surface area contributed by atoms with Gasteiger partial charge in [-0.05, 0) is 36.2 Å². The molecule has 3 rings (SSSR count). The first-order valence-corrected chi connectivity index (χ1v) is 7.75. The van der Waals surface area contributed by atoms with Crippen LogP contribution in [0.25, 0.3) is 10.9 Å². The van der Waals surface area contributed by atoms with Crippen LogP contribution in [0.15, 0.2) is 58.5 Å². The fraction of sp³-hybridized carbons (Fsp3) is 0.176. The van der Waals surface area contributed by atoms with Gasteiger partial charge in [-0.3, -0.25) is 0 Å². The summed E-state index contributed by atoms with van der Waals surface area (Å²) in [5.74, 6) is 0. The summed E-state index contributed by atoms with van der Waals surface area (Å²) in [4.78, 5) is 4.92. The number of aryl methyl sites for hydroxylation is 1. The van der Waals surface area contributed by atoms with Crippen molar-refractivity contribution in [3.8, 4) is 0 Å². The van der Waals surface area contributed by atoms with Crippen LogP contribution in [0.3, 0.4) is 0 Å². The van der Waals surface area contributed by atoms with Gasteiger partial charge < -0.3 is 4.98 Å². The molecule has 0 aliphatic rings. The number of hydrogen-bond acceptors (Lipinski definition) is 1. The Balaban J connectivity index is 2.04. The van der Waals surface area contributed by atoms with Gasteiger partial charge in [0.1, 0.15) is 0 Å². The van der Waals surface area contributed by atoms with E-state index in [-0.39, 0.29) is 0 Å². The lowest BCUT2D eigenvalue weighted by molar-refractivity contribution is -0.137. The molecule has 0 fully saturated rings. The van der Waals surface area contributed by atoms with E-state index in [1.807, 2.05) is 24.3 Å². The average molecular weight is 321 g/mol. The number of H-pyrrole nitrogens is 1. The van der Waals surface area contributed by atoms with Crippen LogP contribution in [-0.2, 0) is 12.6 Å². The van der Waals surface area contributed by atoms with Crippen molar-refractivity contribution in [1.29, 1.82) is 0 Å². The van der Waals surface area contributed by atoms with E-state index in [4.69, 9.17) is 0 Å². The predicted octanol–water partition coefficient (Wildman–Crippen LogP) is 5.90. The summed E-state index contributed by atoms with van der Waals surface area (Å²) in [7, 11) is 0. The molecule has 0 bridgehead atoms. The number of fused-ring (bicyclic) bond motifs is 1. The molecule has 2 aromatic carbocycles. The first-order chi connectivity index (χ1) is 10.5. The number of rotatable bonds is 3. The Morgan fingerprint density at radius 3 is 2.55 bits per heavy atom. The molecule has 1 N–H and O–H groups in total. The van der Waals surface area contributed by atoms with Gasteiger partial charge in [0.25, 0.3) is 0 Å². The zero-order valence-electron chi connectivity index (χ0n) is 11.9. The molecule has 0 spiro atoms. The van der Waals surface area contributed by atoms with E-state index in [9.17, 15) is 13.2 Å².